The molecule has 1 aliphatic rings. The molecule has 5 heteroatoms. The second-order valence-electron chi connectivity index (χ2n) is 5.82. The van der Waals surface area contributed by atoms with Gasteiger partial charge in [-0.15, -0.1) is 0 Å². The molecule has 1 unspecified atom stereocenters. The summed E-state index contributed by atoms with van der Waals surface area (Å²) in [6.45, 7) is 8.67. The second kappa shape index (κ2) is 5.69. The van der Waals surface area contributed by atoms with Crippen molar-refractivity contribution in [1.82, 2.24) is 15.3 Å². The fraction of sp³-hybridized carbons (Fsp3) is 0.692. The quantitative estimate of drug-likeness (QED) is 0.841. The minimum Gasteiger partial charge on any atom is -0.337 e. The molecule has 0 aliphatic carbocycles. The summed E-state index contributed by atoms with van der Waals surface area (Å²) in [5.74, 6) is 0.869. The smallest absolute Gasteiger partial charge is 0.225 e. The Balaban J connectivity index is 2.01. The third-order valence-corrected chi connectivity index (χ3v) is 3.67. The Morgan fingerprint density at radius 2 is 2.06 bits per heavy atom. The molecular weight excluding hydrogens is 339 g/mol. The lowest BCUT2D eigenvalue weighted by atomic mass is 10.1. The topological polar surface area (TPSA) is 41.0 Å². The van der Waals surface area contributed by atoms with Crippen LogP contribution in [0.15, 0.2) is 12.4 Å². The van der Waals surface area contributed by atoms with Crippen LogP contribution in [0.3, 0.4) is 0 Å². The second-order valence-corrected chi connectivity index (χ2v) is 7.07. The summed E-state index contributed by atoms with van der Waals surface area (Å²) in [6.07, 6.45) is 6.22. The van der Waals surface area contributed by atoms with Gasteiger partial charge in [0.25, 0.3) is 0 Å². The predicted molar refractivity (Wildman–Crippen MR) is 82.9 cm³/mol. The van der Waals surface area contributed by atoms with Crippen molar-refractivity contribution >= 4 is 28.5 Å². The van der Waals surface area contributed by atoms with Gasteiger partial charge in [-0.1, -0.05) is 0 Å². The van der Waals surface area contributed by atoms with Crippen LogP contribution in [-0.4, -0.2) is 34.6 Å². The molecule has 2 heterocycles. The Hall–Kier alpha value is -0.430. The molecule has 0 saturated carbocycles. The van der Waals surface area contributed by atoms with Gasteiger partial charge in [-0.25, -0.2) is 9.97 Å². The highest BCUT2D eigenvalue weighted by Crippen LogP contribution is 2.22. The summed E-state index contributed by atoms with van der Waals surface area (Å²) < 4.78 is 1.08. The lowest BCUT2D eigenvalue weighted by molar-refractivity contribution is 0.404. The van der Waals surface area contributed by atoms with Crippen molar-refractivity contribution in [3.63, 3.8) is 0 Å². The van der Waals surface area contributed by atoms with Gasteiger partial charge in [0.2, 0.25) is 5.95 Å². The summed E-state index contributed by atoms with van der Waals surface area (Å²) in [7, 11) is 0. The number of nitrogens with one attached hydrogen (secondary N) is 1. The average Bonchev–Trinajstić information content (AvgIpc) is 2.75. The Morgan fingerprint density at radius 3 is 2.67 bits per heavy atom. The maximum Gasteiger partial charge on any atom is 0.225 e. The molecule has 0 spiro atoms. The van der Waals surface area contributed by atoms with E-state index in [0.717, 1.165) is 22.6 Å². The Morgan fingerprint density at radius 1 is 1.39 bits per heavy atom. The van der Waals surface area contributed by atoms with Crippen molar-refractivity contribution in [2.75, 3.05) is 18.0 Å². The van der Waals surface area contributed by atoms with Crippen LogP contribution in [0.5, 0.6) is 0 Å². The van der Waals surface area contributed by atoms with Crippen LogP contribution in [0, 0.1) is 3.57 Å². The van der Waals surface area contributed by atoms with Crippen LogP contribution in [0.2, 0.25) is 0 Å². The Labute approximate surface area is 123 Å². The number of nitrogens with zero attached hydrogens (tertiary/aromatic N) is 3. The highest BCUT2D eigenvalue weighted by Gasteiger charge is 2.27. The van der Waals surface area contributed by atoms with Gasteiger partial charge in [0.05, 0.1) is 0 Å². The molecule has 0 amide bonds. The normalized spacial score (nSPS) is 20.4. The molecule has 1 aromatic rings. The summed E-state index contributed by atoms with van der Waals surface area (Å²) in [5.41, 5.74) is 0.168. The molecular formula is C13H21IN4. The lowest BCUT2D eigenvalue weighted by Gasteiger charge is -2.29. The van der Waals surface area contributed by atoms with Crippen molar-refractivity contribution in [3.05, 3.63) is 16.0 Å². The zero-order valence-corrected chi connectivity index (χ0v) is 13.4. The molecule has 4 nitrogen and oxygen atoms in total. The predicted octanol–water partition coefficient (Wildman–Crippen LogP) is 2.44. The van der Waals surface area contributed by atoms with Crippen molar-refractivity contribution in [1.29, 1.82) is 0 Å². The third kappa shape index (κ3) is 3.78. The molecule has 1 fully saturated rings. The van der Waals surface area contributed by atoms with Crippen LogP contribution in [0.4, 0.5) is 5.95 Å². The Kier molecular flexibility index (Phi) is 4.42. The molecule has 0 aromatic carbocycles. The first kappa shape index (κ1) is 14.0. The number of hydrogen-bond donors (Lipinski definition) is 1. The summed E-state index contributed by atoms with van der Waals surface area (Å²) in [5, 5.41) is 3.58. The van der Waals surface area contributed by atoms with Crippen LogP contribution in [0.1, 0.15) is 33.6 Å². The molecule has 100 valence electrons. The third-order valence-electron chi connectivity index (χ3n) is 3.11. The first-order valence-electron chi connectivity index (χ1n) is 6.45. The van der Waals surface area contributed by atoms with E-state index in [-0.39, 0.29) is 5.54 Å². The fourth-order valence-electron chi connectivity index (χ4n) is 2.19. The lowest BCUT2D eigenvalue weighted by Crippen LogP contribution is -2.45. The van der Waals surface area contributed by atoms with Gasteiger partial charge in [0, 0.05) is 40.6 Å². The van der Waals surface area contributed by atoms with Crippen LogP contribution in [0.25, 0.3) is 0 Å². The van der Waals surface area contributed by atoms with E-state index in [2.05, 4.69) is 63.5 Å². The van der Waals surface area contributed by atoms with Gasteiger partial charge in [-0.3, -0.25) is 0 Å². The molecule has 1 N–H and O–H groups in total. The zero-order chi connectivity index (χ0) is 13.2. The summed E-state index contributed by atoms with van der Waals surface area (Å²) >= 11 is 2.24. The van der Waals surface area contributed by atoms with Crippen LogP contribution in [-0.2, 0) is 0 Å². The van der Waals surface area contributed by atoms with E-state index in [0.29, 0.717) is 6.04 Å². The monoisotopic (exact) mass is 360 g/mol. The molecule has 2 rings (SSSR count). The zero-order valence-electron chi connectivity index (χ0n) is 11.3. The molecule has 0 radical (unpaired) electrons. The van der Waals surface area contributed by atoms with E-state index in [1.165, 1.54) is 12.8 Å². The highest BCUT2D eigenvalue weighted by molar-refractivity contribution is 14.1. The van der Waals surface area contributed by atoms with Gasteiger partial charge in [-0.05, 0) is 56.2 Å². The van der Waals surface area contributed by atoms with E-state index in [9.17, 15) is 0 Å². The van der Waals surface area contributed by atoms with Gasteiger partial charge in [-0.2, -0.15) is 0 Å². The minimum atomic E-state index is 0.168. The summed E-state index contributed by atoms with van der Waals surface area (Å²) in [4.78, 5) is 11.2. The molecule has 1 saturated heterocycles. The van der Waals surface area contributed by atoms with Crippen molar-refractivity contribution < 1.29 is 0 Å². The SMILES string of the molecule is CC(C)(C)NCC1CCCN1c1ncc(I)cn1. The van der Waals surface area contributed by atoms with E-state index in [1.807, 2.05) is 12.4 Å². The van der Waals surface area contributed by atoms with E-state index in [1.54, 1.807) is 0 Å². The summed E-state index contributed by atoms with van der Waals surface area (Å²) in [6, 6.07) is 0.518. The van der Waals surface area contributed by atoms with E-state index >= 15 is 0 Å². The van der Waals surface area contributed by atoms with Crippen LogP contribution < -0.4 is 10.2 Å². The molecule has 0 bridgehead atoms. The van der Waals surface area contributed by atoms with Gasteiger partial charge < -0.3 is 10.2 Å². The van der Waals surface area contributed by atoms with Crippen LogP contribution >= 0.6 is 22.6 Å². The number of hydrogen-bond acceptors (Lipinski definition) is 4. The maximum atomic E-state index is 4.43. The minimum absolute atomic E-state index is 0.168. The maximum absolute atomic E-state index is 4.43. The number of aromatic nitrogens is 2. The van der Waals surface area contributed by atoms with E-state index in [4.69, 9.17) is 0 Å². The van der Waals surface area contributed by atoms with Crippen molar-refractivity contribution in [2.24, 2.45) is 0 Å². The number of anilines is 1. The molecule has 18 heavy (non-hydrogen) atoms. The van der Waals surface area contributed by atoms with E-state index < -0.39 is 0 Å². The standard InChI is InChI=1S/C13H21IN4/c1-13(2,3)17-9-11-5-4-6-18(11)12-15-7-10(14)8-16-12/h7-8,11,17H,4-6,9H2,1-3H3. The van der Waals surface area contributed by atoms with Crippen molar-refractivity contribution in [3.8, 4) is 0 Å². The molecule has 1 aromatic heterocycles. The fourth-order valence-corrected chi connectivity index (χ4v) is 2.47. The first-order valence-corrected chi connectivity index (χ1v) is 7.53. The van der Waals surface area contributed by atoms with Gasteiger partial charge in [0.1, 0.15) is 0 Å². The Bertz CT molecular complexity index is 385. The number of rotatable bonds is 3. The first-order chi connectivity index (χ1) is 8.46. The largest absolute Gasteiger partial charge is 0.337 e. The average molecular weight is 360 g/mol. The van der Waals surface area contributed by atoms with Gasteiger partial charge >= 0.3 is 0 Å². The molecule has 1 atom stereocenters. The molecule has 1 aliphatic heterocycles. The number of halogens is 1. The highest BCUT2D eigenvalue weighted by atomic mass is 127. The van der Waals surface area contributed by atoms with Gasteiger partial charge in [0.15, 0.2) is 0 Å². The van der Waals surface area contributed by atoms with Crippen molar-refractivity contribution in [2.45, 2.75) is 45.2 Å².